The predicted octanol–water partition coefficient (Wildman–Crippen LogP) is 3.66. The number of carbonyl (C=O) groups is 11. The molecule has 86 heavy (non-hydrogen) atoms. The summed E-state index contributed by atoms with van der Waals surface area (Å²) in [6.45, 7) is 30.7. The van der Waals surface area contributed by atoms with Crippen LogP contribution in [0.1, 0.15) is 163 Å². The second-order valence-corrected chi connectivity index (χ2v) is 26.7. The quantitative estimate of drug-likeness (QED) is 0.147. The van der Waals surface area contributed by atoms with Crippen LogP contribution in [0.25, 0.3) is 0 Å². The lowest BCUT2D eigenvalue weighted by molar-refractivity contribution is -0.163. The van der Waals surface area contributed by atoms with Crippen LogP contribution in [0.5, 0.6) is 0 Å². The summed E-state index contributed by atoms with van der Waals surface area (Å²) in [6.07, 6.45) is 2.96. The summed E-state index contributed by atoms with van der Waals surface area (Å²) in [5.74, 6) is -9.82. The van der Waals surface area contributed by atoms with E-state index in [4.69, 9.17) is 0 Å². The van der Waals surface area contributed by atoms with Gasteiger partial charge in [-0.1, -0.05) is 109 Å². The number of carbonyl (C=O) groups excluding carboxylic acids is 11. The zero-order chi connectivity index (χ0) is 66.9. The fourth-order valence-corrected chi connectivity index (χ4v) is 11.0. The molecule has 11 amide bonds. The van der Waals surface area contributed by atoms with E-state index in [9.17, 15) is 43.5 Å². The van der Waals surface area contributed by atoms with Gasteiger partial charge in [-0.2, -0.15) is 0 Å². The summed E-state index contributed by atoms with van der Waals surface area (Å²) >= 11 is 0. The highest BCUT2D eigenvalue weighted by atomic mass is 16.3. The number of aliphatic hydroxyl groups is 1. The topological polar surface area (TPSA) is 279 Å². The fraction of sp³-hybridized carbons (Fsp3) is 0.794. The Bertz CT molecular complexity index is 2380. The van der Waals surface area contributed by atoms with Crippen LogP contribution in [0.3, 0.4) is 0 Å². The lowest BCUT2D eigenvalue weighted by atomic mass is 9.81. The van der Waals surface area contributed by atoms with Crippen LogP contribution >= 0.6 is 0 Å². The Hall–Kier alpha value is -6.13. The van der Waals surface area contributed by atoms with Gasteiger partial charge in [-0.3, -0.25) is 52.7 Å². The van der Waals surface area contributed by atoms with E-state index >= 15 is 14.4 Å². The maximum atomic E-state index is 15.3. The number of nitrogens with one attached hydrogen (secondary N) is 4. The molecule has 23 nitrogen and oxygen atoms in total. The molecule has 492 valence electrons. The van der Waals surface area contributed by atoms with E-state index in [1.165, 1.54) is 94.6 Å². The van der Waals surface area contributed by atoms with Gasteiger partial charge < -0.3 is 60.7 Å². The minimum atomic E-state index is -2.10. The van der Waals surface area contributed by atoms with Crippen LogP contribution in [0, 0.1) is 41.4 Å². The largest absolute Gasteiger partial charge is 0.390 e. The van der Waals surface area contributed by atoms with Crippen molar-refractivity contribution >= 4 is 65.0 Å². The predicted molar refractivity (Wildman–Crippen MR) is 333 cm³/mol. The van der Waals surface area contributed by atoms with Crippen molar-refractivity contribution in [2.75, 3.05) is 55.9 Å². The van der Waals surface area contributed by atoms with Crippen LogP contribution in [-0.4, -0.2) is 226 Å². The third-order valence-electron chi connectivity index (χ3n) is 16.7. The van der Waals surface area contributed by atoms with Crippen molar-refractivity contribution in [2.45, 2.75) is 229 Å². The minimum absolute atomic E-state index is 0.0123. The zero-order valence-electron chi connectivity index (χ0n) is 57.0. The first-order chi connectivity index (χ1) is 39.6. The van der Waals surface area contributed by atoms with Gasteiger partial charge in [0.15, 0.2) is 0 Å². The number of allylic oxidation sites excluding steroid dienone is 2. The van der Waals surface area contributed by atoms with E-state index in [1.807, 2.05) is 61.5 Å². The number of hydrogen-bond donors (Lipinski definition) is 5. The molecular formula is C63H113N11O12. The Morgan fingerprint density at radius 1 is 0.512 bits per heavy atom. The molecule has 0 radical (unpaired) electrons. The Kier molecular flexibility index (Phi) is 31.2. The normalized spacial score (nSPS) is 27.6. The summed E-state index contributed by atoms with van der Waals surface area (Å²) in [5.41, 5.74) is -2.10. The Balaban J connectivity index is 4.38. The zero-order valence-corrected chi connectivity index (χ0v) is 57.0. The average molecular weight is 1220 g/mol. The summed E-state index contributed by atoms with van der Waals surface area (Å²) < 4.78 is 0. The van der Waals surface area contributed by atoms with E-state index in [1.54, 1.807) is 54.5 Å². The molecule has 1 aliphatic heterocycles. The highest BCUT2D eigenvalue weighted by Gasteiger charge is 2.52. The monoisotopic (exact) mass is 1220 g/mol. The van der Waals surface area contributed by atoms with Crippen molar-refractivity contribution in [3.63, 3.8) is 0 Å². The molecule has 0 aromatic heterocycles. The summed E-state index contributed by atoms with van der Waals surface area (Å²) in [4.78, 5) is 169. The SMILES string of the molecule is C/C=C/CC(C)C(O)C1(C)C(=O)NC(CC)C(=O)N(C)CC(=O)N(C)C(CC(C)C)C(=O)NC(C(C)C)C(=O)N(C)C(CC(C)C)C(=O)NC(C)C(=O)NC(C)C(=O)N(C)C(CC(C)C)C(=O)N(C)C(CC(C)C)C(=O)N(C)C(C(C)C)C(=O)N1C. The van der Waals surface area contributed by atoms with Crippen LogP contribution < -0.4 is 21.3 Å². The highest BCUT2D eigenvalue weighted by Crippen LogP contribution is 2.31. The van der Waals surface area contributed by atoms with Gasteiger partial charge in [-0.05, 0) is 108 Å². The van der Waals surface area contributed by atoms with Crippen LogP contribution in [0.15, 0.2) is 12.2 Å². The molecule has 1 rings (SSSR count). The van der Waals surface area contributed by atoms with E-state index in [2.05, 4.69) is 21.3 Å². The molecule has 1 saturated heterocycles. The third kappa shape index (κ3) is 20.5. The van der Waals surface area contributed by atoms with Crippen LogP contribution in [-0.2, 0) is 52.7 Å². The maximum absolute atomic E-state index is 15.3. The van der Waals surface area contributed by atoms with Crippen molar-refractivity contribution in [3.05, 3.63) is 12.2 Å². The molecule has 12 unspecified atom stereocenters. The second-order valence-electron chi connectivity index (χ2n) is 26.7. The van der Waals surface area contributed by atoms with Gasteiger partial charge in [0, 0.05) is 49.3 Å². The number of aliphatic hydroxyl groups excluding tert-OH is 1. The van der Waals surface area contributed by atoms with Crippen molar-refractivity contribution < 1.29 is 57.8 Å². The Labute approximate surface area is 515 Å². The van der Waals surface area contributed by atoms with Crippen LogP contribution in [0.4, 0.5) is 0 Å². The molecule has 1 aliphatic rings. The maximum Gasteiger partial charge on any atom is 0.249 e. The smallest absolute Gasteiger partial charge is 0.249 e. The van der Waals surface area contributed by atoms with Gasteiger partial charge >= 0.3 is 0 Å². The average Bonchev–Trinajstić information content (AvgIpc) is 1.34. The molecule has 0 aromatic carbocycles. The van der Waals surface area contributed by atoms with Crippen molar-refractivity contribution in [1.29, 1.82) is 0 Å². The van der Waals surface area contributed by atoms with E-state index < -0.39 is 155 Å². The number of rotatable bonds is 15. The summed E-state index contributed by atoms with van der Waals surface area (Å²) in [7, 11) is 9.93. The lowest BCUT2D eigenvalue weighted by Crippen LogP contribution is -2.69. The molecule has 0 aromatic rings. The molecule has 0 aliphatic carbocycles. The molecule has 0 bridgehead atoms. The molecule has 0 saturated carbocycles. The number of nitrogens with zero attached hydrogens (tertiary/aromatic N) is 7. The van der Waals surface area contributed by atoms with E-state index in [0.29, 0.717) is 6.42 Å². The van der Waals surface area contributed by atoms with E-state index in [0.717, 1.165) is 9.80 Å². The first kappa shape index (κ1) is 77.9. The minimum Gasteiger partial charge on any atom is -0.390 e. The standard InChI is InChI=1S/C63H113N11O12/c1-26-28-29-41(15)52(76)63(18)62(86)66-44(27-2)57(81)68(19)34-49(75)69(20)45(30-35(3)4)55(79)67-50(39(11)12)60(84)70(21)46(31-36(5)6)54(78)64-42(16)53(77)65-43(17)56(80)71(22)47(32-37(7)8)58(82)72(23)48(33-38(9)10)59(83)73(24)51(40(13)14)61(85)74(63)25/h26,28,35-48,50-52,76H,27,29-34H2,1-25H3,(H,64,78)(H,65,77)(H,66,86)(H,67,79)/b28-26+. The molecule has 1 heterocycles. The fourth-order valence-electron chi connectivity index (χ4n) is 11.0. The highest BCUT2D eigenvalue weighted by molar-refractivity contribution is 6.00. The molecule has 12 atom stereocenters. The van der Waals surface area contributed by atoms with E-state index in [-0.39, 0.29) is 55.8 Å². The first-order valence-corrected chi connectivity index (χ1v) is 30.9. The van der Waals surface area contributed by atoms with Gasteiger partial charge in [-0.25, -0.2) is 0 Å². The van der Waals surface area contributed by atoms with Crippen molar-refractivity contribution in [1.82, 2.24) is 55.6 Å². The summed E-state index contributed by atoms with van der Waals surface area (Å²) in [5, 5.41) is 23.4. The van der Waals surface area contributed by atoms with Gasteiger partial charge in [0.25, 0.3) is 0 Å². The summed E-state index contributed by atoms with van der Waals surface area (Å²) in [6, 6.07) is -10.8. The Morgan fingerprint density at radius 2 is 0.930 bits per heavy atom. The molecule has 0 spiro atoms. The van der Waals surface area contributed by atoms with Gasteiger partial charge in [0.05, 0.1) is 12.6 Å². The third-order valence-corrected chi connectivity index (χ3v) is 16.7. The molecule has 23 heteroatoms. The van der Waals surface area contributed by atoms with Crippen molar-refractivity contribution in [2.24, 2.45) is 41.4 Å². The molecule has 5 N–H and O–H groups in total. The van der Waals surface area contributed by atoms with Crippen molar-refractivity contribution in [3.8, 4) is 0 Å². The Morgan fingerprint density at radius 3 is 1.37 bits per heavy atom. The van der Waals surface area contributed by atoms with Crippen LogP contribution in [0.2, 0.25) is 0 Å². The first-order valence-electron chi connectivity index (χ1n) is 30.9. The van der Waals surface area contributed by atoms with Gasteiger partial charge in [0.1, 0.15) is 59.9 Å². The lowest BCUT2D eigenvalue weighted by Gasteiger charge is -2.46. The molecular weight excluding hydrogens is 1100 g/mol. The van der Waals surface area contributed by atoms with Gasteiger partial charge in [0.2, 0.25) is 65.0 Å². The number of amides is 11. The molecule has 1 fully saturated rings. The van der Waals surface area contributed by atoms with Gasteiger partial charge in [-0.15, -0.1) is 0 Å². The second kappa shape index (κ2) is 34.4. The number of likely N-dealkylation sites (N-methyl/N-ethyl adjacent to an activating group) is 7. The number of hydrogen-bond acceptors (Lipinski definition) is 12.